The van der Waals surface area contributed by atoms with Crippen LogP contribution in [0, 0.1) is 0 Å². The summed E-state index contributed by atoms with van der Waals surface area (Å²) in [5.41, 5.74) is 3.77. The van der Waals surface area contributed by atoms with E-state index in [9.17, 15) is 0 Å². The third-order valence-electron chi connectivity index (χ3n) is 1.66. The van der Waals surface area contributed by atoms with Gasteiger partial charge in [-0.1, -0.05) is 20.3 Å². The number of nitrogens with two attached hydrogens (primary N) is 1. The van der Waals surface area contributed by atoms with Gasteiger partial charge < -0.3 is 10.7 Å². The van der Waals surface area contributed by atoms with E-state index >= 15 is 0 Å². The van der Waals surface area contributed by atoms with Gasteiger partial charge in [0, 0.05) is 18.4 Å². The lowest BCUT2D eigenvalue weighted by Crippen LogP contribution is -2.21. The average molecular weight is 171 g/mol. The van der Waals surface area contributed by atoms with Gasteiger partial charge in [0.15, 0.2) is 0 Å². The Labute approximate surface area is 75.4 Å². The number of hydrogen-bond acceptors (Lipinski definition) is 3. The van der Waals surface area contributed by atoms with Crippen LogP contribution in [0.4, 0.5) is 0 Å². The lowest BCUT2D eigenvalue weighted by molar-refractivity contribution is 0.678. The molecule has 0 saturated heterocycles. The lowest BCUT2D eigenvalue weighted by Gasteiger charge is -2.08. The number of hydrogen-bond donors (Lipinski definition) is 3. The Bertz CT molecular complexity index is 111. The summed E-state index contributed by atoms with van der Waals surface area (Å²) in [7, 11) is 0. The molecule has 0 atom stereocenters. The molecule has 72 valence electrons. The van der Waals surface area contributed by atoms with Gasteiger partial charge >= 0.3 is 0 Å². The fraction of sp³-hybridized carbons (Fsp3) is 0.778. The van der Waals surface area contributed by atoms with E-state index < -0.39 is 0 Å². The monoisotopic (exact) mass is 171 g/mol. The zero-order valence-corrected chi connectivity index (χ0v) is 8.19. The predicted molar refractivity (Wildman–Crippen MR) is 53.2 cm³/mol. The van der Waals surface area contributed by atoms with Crippen LogP contribution in [0.3, 0.4) is 0 Å². The minimum absolute atomic E-state index is 1.03. The minimum Gasteiger partial charge on any atom is -0.387 e. The lowest BCUT2D eigenvalue weighted by atomic mass is 10.2. The molecule has 3 heteroatoms. The first kappa shape index (κ1) is 11.3. The first-order valence-corrected chi connectivity index (χ1v) is 4.74. The highest BCUT2D eigenvalue weighted by molar-refractivity contribution is 4.97. The van der Waals surface area contributed by atoms with Gasteiger partial charge in [-0.15, -0.1) is 0 Å². The maximum Gasteiger partial charge on any atom is 0.0312 e. The molecule has 0 unspecified atom stereocenters. The van der Waals surface area contributed by atoms with Crippen molar-refractivity contribution in [3.05, 3.63) is 11.9 Å². The summed E-state index contributed by atoms with van der Waals surface area (Å²) in [6.45, 7) is 5.37. The van der Waals surface area contributed by atoms with Gasteiger partial charge in [0.2, 0.25) is 0 Å². The summed E-state index contributed by atoms with van der Waals surface area (Å²) in [6.07, 6.45) is 6.50. The Morgan fingerprint density at radius 1 is 1.33 bits per heavy atom. The molecule has 0 aliphatic rings. The smallest absolute Gasteiger partial charge is 0.0312 e. The molecule has 0 saturated carbocycles. The normalized spacial score (nSPS) is 11.4. The highest BCUT2D eigenvalue weighted by atomic mass is 15.2. The highest BCUT2D eigenvalue weighted by Crippen LogP contribution is 2.02. The van der Waals surface area contributed by atoms with Gasteiger partial charge in [-0.05, 0) is 19.3 Å². The van der Waals surface area contributed by atoms with Crippen molar-refractivity contribution in [2.75, 3.05) is 6.54 Å². The second-order valence-electron chi connectivity index (χ2n) is 2.87. The van der Waals surface area contributed by atoms with Crippen LogP contribution in [-0.2, 0) is 0 Å². The van der Waals surface area contributed by atoms with E-state index in [0.29, 0.717) is 0 Å². The predicted octanol–water partition coefficient (Wildman–Crippen LogP) is 1.48. The molecule has 0 spiro atoms. The molecule has 3 nitrogen and oxygen atoms in total. The summed E-state index contributed by atoms with van der Waals surface area (Å²) in [6, 6.07) is 0. The van der Waals surface area contributed by atoms with E-state index in [1.165, 1.54) is 18.5 Å². The van der Waals surface area contributed by atoms with Crippen molar-refractivity contribution in [3.63, 3.8) is 0 Å². The molecule has 0 aromatic heterocycles. The molecular weight excluding hydrogens is 150 g/mol. The summed E-state index contributed by atoms with van der Waals surface area (Å²) in [4.78, 5) is 0. The van der Waals surface area contributed by atoms with Crippen LogP contribution in [-0.4, -0.2) is 6.54 Å². The molecule has 0 radical (unpaired) electrons. The molecule has 0 amide bonds. The van der Waals surface area contributed by atoms with E-state index in [4.69, 9.17) is 5.84 Å². The third-order valence-corrected chi connectivity index (χ3v) is 1.66. The van der Waals surface area contributed by atoms with Crippen LogP contribution >= 0.6 is 0 Å². The minimum atomic E-state index is 1.03. The van der Waals surface area contributed by atoms with Crippen LogP contribution in [0.5, 0.6) is 0 Å². The first-order chi connectivity index (χ1) is 5.85. The second-order valence-corrected chi connectivity index (χ2v) is 2.87. The molecule has 0 aliphatic heterocycles. The number of hydrazine groups is 1. The average Bonchev–Trinajstić information content (AvgIpc) is 2.10. The van der Waals surface area contributed by atoms with Gasteiger partial charge in [-0.2, -0.15) is 0 Å². The molecule has 0 heterocycles. The summed E-state index contributed by atoms with van der Waals surface area (Å²) in [5, 5.41) is 3.32. The molecule has 4 N–H and O–H groups in total. The van der Waals surface area contributed by atoms with Gasteiger partial charge in [-0.3, -0.25) is 5.84 Å². The fourth-order valence-corrected chi connectivity index (χ4v) is 0.965. The van der Waals surface area contributed by atoms with Crippen LogP contribution < -0.4 is 16.6 Å². The molecule has 0 rings (SSSR count). The van der Waals surface area contributed by atoms with E-state index in [2.05, 4.69) is 24.6 Å². The molecule has 0 aliphatic carbocycles. The van der Waals surface area contributed by atoms with Crippen molar-refractivity contribution >= 4 is 0 Å². The van der Waals surface area contributed by atoms with E-state index in [0.717, 1.165) is 19.4 Å². The standard InChI is InChI=1S/C9H21N3/c1-3-5-6-9(8-12-10)11-7-4-2/h8,11-12H,3-7,10H2,1-2H3/b9-8-. The molecule has 12 heavy (non-hydrogen) atoms. The van der Waals surface area contributed by atoms with Gasteiger partial charge in [-0.25, -0.2) is 0 Å². The van der Waals surface area contributed by atoms with E-state index in [-0.39, 0.29) is 0 Å². The Balaban J connectivity index is 3.62. The largest absolute Gasteiger partial charge is 0.387 e. The topological polar surface area (TPSA) is 50.1 Å². The fourth-order valence-electron chi connectivity index (χ4n) is 0.965. The van der Waals surface area contributed by atoms with Crippen molar-refractivity contribution in [2.24, 2.45) is 5.84 Å². The zero-order chi connectivity index (χ0) is 9.23. The van der Waals surface area contributed by atoms with Crippen molar-refractivity contribution in [1.29, 1.82) is 0 Å². The van der Waals surface area contributed by atoms with Crippen molar-refractivity contribution < 1.29 is 0 Å². The molecular formula is C9H21N3. The van der Waals surface area contributed by atoms with Crippen LogP contribution in [0.15, 0.2) is 11.9 Å². The van der Waals surface area contributed by atoms with Gasteiger partial charge in [0.1, 0.15) is 0 Å². The Morgan fingerprint density at radius 2 is 2.08 bits per heavy atom. The van der Waals surface area contributed by atoms with Crippen LogP contribution in [0.1, 0.15) is 39.5 Å². The van der Waals surface area contributed by atoms with Crippen molar-refractivity contribution in [3.8, 4) is 0 Å². The Hall–Kier alpha value is -0.700. The maximum atomic E-state index is 5.21. The molecule has 0 fully saturated rings. The summed E-state index contributed by atoms with van der Waals surface area (Å²) < 4.78 is 0. The van der Waals surface area contributed by atoms with E-state index in [1.807, 2.05) is 6.20 Å². The Kier molecular flexibility index (Phi) is 7.91. The molecule has 0 bridgehead atoms. The number of rotatable bonds is 7. The van der Waals surface area contributed by atoms with Crippen LogP contribution in [0.2, 0.25) is 0 Å². The van der Waals surface area contributed by atoms with E-state index in [1.54, 1.807) is 0 Å². The SMILES string of the molecule is CCCC/C(=C/NN)NCCC. The summed E-state index contributed by atoms with van der Waals surface area (Å²) >= 11 is 0. The number of nitrogens with one attached hydrogen (secondary N) is 2. The highest BCUT2D eigenvalue weighted by Gasteiger charge is 1.93. The first-order valence-electron chi connectivity index (χ1n) is 4.74. The zero-order valence-electron chi connectivity index (χ0n) is 8.19. The summed E-state index contributed by atoms with van der Waals surface area (Å²) in [5.74, 6) is 5.21. The quantitative estimate of drug-likeness (QED) is 0.402. The number of allylic oxidation sites excluding steroid dienone is 1. The van der Waals surface area contributed by atoms with Gasteiger partial charge in [0.25, 0.3) is 0 Å². The van der Waals surface area contributed by atoms with Crippen molar-refractivity contribution in [2.45, 2.75) is 39.5 Å². The Morgan fingerprint density at radius 3 is 2.58 bits per heavy atom. The van der Waals surface area contributed by atoms with Crippen molar-refractivity contribution in [1.82, 2.24) is 10.7 Å². The third kappa shape index (κ3) is 6.04. The molecule has 0 aromatic carbocycles. The molecule has 0 aromatic rings. The number of unbranched alkanes of at least 4 members (excludes halogenated alkanes) is 1. The maximum absolute atomic E-state index is 5.21. The van der Waals surface area contributed by atoms with Crippen LogP contribution in [0.25, 0.3) is 0 Å². The van der Waals surface area contributed by atoms with Gasteiger partial charge in [0.05, 0.1) is 0 Å². The second kappa shape index (κ2) is 8.40.